The number of rotatable bonds is 8. The van der Waals surface area contributed by atoms with E-state index in [4.69, 9.17) is 28.9 Å². The molecule has 1 saturated heterocycles. The number of nitrogens with zero attached hydrogens (tertiary/aromatic N) is 6. The monoisotopic (exact) mass is 716 g/mol. The minimum atomic E-state index is -4.36. The zero-order chi connectivity index (χ0) is 34.5. The van der Waals surface area contributed by atoms with Crippen molar-refractivity contribution >= 4 is 68.1 Å². The predicted molar refractivity (Wildman–Crippen MR) is 187 cm³/mol. The van der Waals surface area contributed by atoms with Crippen molar-refractivity contribution in [1.29, 1.82) is 0 Å². The molecule has 0 spiro atoms. The van der Waals surface area contributed by atoms with Crippen molar-refractivity contribution in [2.75, 3.05) is 22.5 Å². The second-order valence-electron chi connectivity index (χ2n) is 12.2. The molecule has 0 aliphatic carbocycles. The first kappa shape index (κ1) is 32.7. The van der Waals surface area contributed by atoms with Gasteiger partial charge in [-0.3, -0.25) is 14.2 Å². The van der Waals surface area contributed by atoms with E-state index in [2.05, 4.69) is 20.3 Å². The highest BCUT2D eigenvalue weighted by Crippen LogP contribution is 2.45. The van der Waals surface area contributed by atoms with Crippen LogP contribution in [0.15, 0.2) is 96.7 Å². The van der Waals surface area contributed by atoms with Crippen molar-refractivity contribution in [3.8, 4) is 11.1 Å². The quantitative estimate of drug-likeness (QED) is 0.195. The molecule has 0 saturated carbocycles. The Morgan fingerprint density at radius 1 is 0.980 bits per heavy atom. The number of sulfonamides is 1. The van der Waals surface area contributed by atoms with Gasteiger partial charge >= 0.3 is 0 Å². The number of hydrogen-bond acceptors (Lipinski definition) is 8. The first-order valence-corrected chi connectivity index (χ1v) is 17.6. The number of amides is 2. The summed E-state index contributed by atoms with van der Waals surface area (Å²) < 4.78 is 31.7. The number of hydrogen-bond donors (Lipinski definition) is 2. The summed E-state index contributed by atoms with van der Waals surface area (Å²) in [5, 5.41) is 3.18. The Labute approximate surface area is 292 Å². The third-order valence-electron chi connectivity index (χ3n) is 8.83. The van der Waals surface area contributed by atoms with Crippen LogP contribution in [0.3, 0.4) is 0 Å². The van der Waals surface area contributed by atoms with Crippen molar-refractivity contribution in [2.24, 2.45) is 0 Å². The van der Waals surface area contributed by atoms with Gasteiger partial charge in [0, 0.05) is 52.3 Å². The normalized spacial score (nSPS) is 19.3. The highest BCUT2D eigenvalue weighted by Gasteiger charge is 2.53. The smallest absolute Gasteiger partial charge is 0.261 e. The Hall–Kier alpha value is -4.82. The second-order valence-corrected chi connectivity index (χ2v) is 14.9. The first-order chi connectivity index (χ1) is 23.5. The number of carbonyl (C=O) groups is 2. The van der Waals surface area contributed by atoms with Gasteiger partial charge in [0.1, 0.15) is 17.9 Å². The van der Waals surface area contributed by atoms with Crippen LogP contribution in [0.1, 0.15) is 25.3 Å². The van der Waals surface area contributed by atoms with Crippen LogP contribution in [0.25, 0.3) is 11.1 Å². The van der Waals surface area contributed by atoms with E-state index in [1.54, 1.807) is 55.7 Å². The highest BCUT2D eigenvalue weighted by atomic mass is 35.5. The molecule has 0 radical (unpaired) electrons. The lowest BCUT2D eigenvalue weighted by Crippen LogP contribution is -2.46. The number of nitrogens with two attached hydrogens (primary N) is 1. The van der Waals surface area contributed by atoms with Gasteiger partial charge in [0.2, 0.25) is 11.9 Å². The number of aromatic nitrogens is 4. The third-order valence-corrected chi connectivity index (χ3v) is 11.1. The molecule has 1 fully saturated rings. The molecule has 49 heavy (non-hydrogen) atoms. The van der Waals surface area contributed by atoms with Crippen LogP contribution in [0, 0.1) is 0 Å². The van der Waals surface area contributed by atoms with Gasteiger partial charge < -0.3 is 11.1 Å². The maximum atomic E-state index is 14.6. The lowest BCUT2D eigenvalue weighted by Gasteiger charge is -2.29. The van der Waals surface area contributed by atoms with Gasteiger partial charge in [-0.05, 0) is 73.4 Å². The van der Waals surface area contributed by atoms with Gasteiger partial charge in [-0.25, -0.2) is 28.3 Å². The molecule has 2 aromatic heterocycles. The van der Waals surface area contributed by atoms with E-state index in [9.17, 15) is 18.0 Å². The highest BCUT2D eigenvalue weighted by molar-refractivity contribution is 7.89. The van der Waals surface area contributed by atoms with E-state index in [0.29, 0.717) is 39.9 Å². The number of carbonyl (C=O) groups excluding carboxylic acids is 2. The Balaban J connectivity index is 1.28. The average Bonchev–Trinajstić information content (AvgIpc) is 3.80. The maximum Gasteiger partial charge on any atom is 0.261 e. The number of halogens is 2. The molecule has 7 rings (SSSR count). The van der Waals surface area contributed by atoms with Crippen molar-refractivity contribution in [1.82, 2.24) is 23.8 Å². The summed E-state index contributed by atoms with van der Waals surface area (Å²) in [4.78, 5) is 42.0. The molecule has 5 aromatic rings. The summed E-state index contributed by atoms with van der Waals surface area (Å²) in [5.41, 5.74) is 8.16. The zero-order valence-corrected chi connectivity index (χ0v) is 28.5. The maximum absolute atomic E-state index is 14.6. The Bertz CT molecular complexity index is 2160. The van der Waals surface area contributed by atoms with Crippen molar-refractivity contribution in [3.63, 3.8) is 0 Å². The van der Waals surface area contributed by atoms with Gasteiger partial charge in [0.15, 0.2) is 5.03 Å². The molecule has 2 atom stereocenters. The number of anilines is 4. The van der Waals surface area contributed by atoms with Crippen molar-refractivity contribution < 1.29 is 18.0 Å². The van der Waals surface area contributed by atoms with Crippen LogP contribution in [0.2, 0.25) is 10.0 Å². The molecule has 2 amide bonds. The predicted octanol–water partition coefficient (Wildman–Crippen LogP) is 5.66. The summed E-state index contributed by atoms with van der Waals surface area (Å²) in [6.45, 7) is 1.80. The van der Waals surface area contributed by atoms with E-state index < -0.39 is 33.4 Å². The molecule has 12 nitrogen and oxygen atoms in total. The largest absolute Gasteiger partial charge is 0.399 e. The molecule has 2 unspecified atom stereocenters. The minimum Gasteiger partial charge on any atom is -0.399 e. The fourth-order valence-corrected chi connectivity index (χ4v) is 8.84. The molecule has 0 bridgehead atoms. The Kier molecular flexibility index (Phi) is 8.39. The molecule has 4 heterocycles. The van der Waals surface area contributed by atoms with E-state index in [0.717, 1.165) is 16.7 Å². The van der Waals surface area contributed by atoms with Gasteiger partial charge in [-0.2, -0.15) is 4.31 Å². The minimum absolute atomic E-state index is 0.0875. The fourth-order valence-electron chi connectivity index (χ4n) is 6.48. The van der Waals surface area contributed by atoms with Gasteiger partial charge in [0.25, 0.3) is 15.9 Å². The molecule has 3 N–H and O–H groups in total. The first-order valence-electron chi connectivity index (χ1n) is 15.4. The molecule has 250 valence electrons. The summed E-state index contributed by atoms with van der Waals surface area (Å²) in [7, 11) is -4.36. The summed E-state index contributed by atoms with van der Waals surface area (Å²) in [6, 6.07) is 17.8. The topological polar surface area (TPSA) is 156 Å². The summed E-state index contributed by atoms with van der Waals surface area (Å²) in [6.07, 6.45) is 7.01. The van der Waals surface area contributed by atoms with Gasteiger partial charge in [-0.15, -0.1) is 0 Å². The molecular weight excluding hydrogens is 687 g/mol. The van der Waals surface area contributed by atoms with Gasteiger partial charge in [-0.1, -0.05) is 47.5 Å². The molecule has 2 aliphatic rings. The van der Waals surface area contributed by atoms with Crippen molar-refractivity contribution in [3.05, 3.63) is 107 Å². The lowest BCUT2D eigenvalue weighted by molar-refractivity contribution is -0.124. The number of fused-ring (bicyclic) bond motifs is 1. The second kappa shape index (κ2) is 12.6. The SMILES string of the molecule is CC1(Cc2ccc(-c3cncnc3)cc2)C(=O)N(c2cc(Cl)cc(Cl)c2)c2ncc(S(=O)(=O)N3CCCC3C(=O)Nc3ccc(N)cc3)n21. The van der Waals surface area contributed by atoms with Crippen molar-refractivity contribution in [2.45, 2.75) is 42.8 Å². The molecule has 3 aromatic carbocycles. The van der Waals surface area contributed by atoms with E-state index in [1.165, 1.54) is 32.4 Å². The number of nitrogen functional groups attached to an aromatic ring is 1. The molecular formula is C34H30Cl2N8O4S. The number of imidazole rings is 1. The van der Waals surface area contributed by atoms with Crippen LogP contribution in [-0.4, -0.2) is 56.6 Å². The number of benzene rings is 3. The van der Waals surface area contributed by atoms with E-state index in [1.807, 2.05) is 24.3 Å². The van der Waals surface area contributed by atoms with Crippen LogP contribution in [0.4, 0.5) is 23.0 Å². The molecule has 15 heteroatoms. The Morgan fingerprint density at radius 3 is 2.33 bits per heavy atom. The standard InChI is InChI=1S/C34H30Cl2N8O4S/c1-34(16-21-4-6-22(7-5-21)23-17-38-20-39-18-23)32(46)43(28-14-24(35)13-25(36)15-28)33-40-19-30(44(33)34)49(47,48)42-12-2-3-29(42)31(45)41-27-10-8-26(37)9-11-27/h4-11,13-15,17-20,29H,2-3,12,16,37H2,1H3,(H,41,45). The summed E-state index contributed by atoms with van der Waals surface area (Å²) in [5.74, 6) is -0.806. The van der Waals surface area contributed by atoms with E-state index in [-0.39, 0.29) is 23.9 Å². The zero-order valence-electron chi connectivity index (χ0n) is 26.1. The third kappa shape index (κ3) is 5.92. The Morgan fingerprint density at radius 2 is 1.65 bits per heavy atom. The van der Waals surface area contributed by atoms with Crippen LogP contribution in [-0.2, 0) is 31.6 Å². The van der Waals surface area contributed by atoms with Gasteiger partial charge in [0.05, 0.1) is 11.9 Å². The van der Waals surface area contributed by atoms with E-state index >= 15 is 0 Å². The van der Waals surface area contributed by atoms with Crippen LogP contribution < -0.4 is 16.0 Å². The average molecular weight is 718 g/mol. The van der Waals surface area contributed by atoms with Crippen LogP contribution >= 0.6 is 23.2 Å². The number of nitrogens with one attached hydrogen (secondary N) is 1. The molecule has 2 aliphatic heterocycles. The summed E-state index contributed by atoms with van der Waals surface area (Å²) >= 11 is 12.7. The van der Waals surface area contributed by atoms with Crippen LogP contribution in [0.5, 0.6) is 0 Å². The lowest BCUT2D eigenvalue weighted by atomic mass is 9.91. The fraction of sp³-hybridized carbons (Fsp3) is 0.206.